The Morgan fingerprint density at radius 2 is 1.50 bits per heavy atom. The Kier molecular flexibility index (Phi) is 12.5. The van der Waals surface area contributed by atoms with Gasteiger partial charge < -0.3 is 5.11 Å². The molecule has 0 saturated heterocycles. The van der Waals surface area contributed by atoms with Crippen LogP contribution in [0, 0.1) is 5.92 Å². The lowest BCUT2D eigenvalue weighted by molar-refractivity contribution is 0.282. The van der Waals surface area contributed by atoms with E-state index >= 15 is 0 Å². The van der Waals surface area contributed by atoms with E-state index in [1.54, 1.807) is 0 Å². The third-order valence-corrected chi connectivity index (χ3v) is 3.14. The zero-order valence-corrected chi connectivity index (χ0v) is 11.3. The van der Waals surface area contributed by atoms with Gasteiger partial charge in [-0.2, -0.15) is 0 Å². The van der Waals surface area contributed by atoms with Crippen LogP contribution >= 0.6 is 0 Å². The average molecular weight is 226 g/mol. The van der Waals surface area contributed by atoms with Crippen molar-refractivity contribution in [1.29, 1.82) is 0 Å². The van der Waals surface area contributed by atoms with Crippen molar-refractivity contribution in [2.45, 2.75) is 71.6 Å². The van der Waals surface area contributed by atoms with Crippen molar-refractivity contribution in [1.82, 2.24) is 0 Å². The summed E-state index contributed by atoms with van der Waals surface area (Å²) < 4.78 is 0. The molecule has 0 bridgehead atoms. The summed E-state index contributed by atoms with van der Waals surface area (Å²) in [7, 11) is 0. The summed E-state index contributed by atoms with van der Waals surface area (Å²) in [5.74, 6) is 0.749. The average Bonchev–Trinajstić information content (AvgIpc) is 2.31. The van der Waals surface area contributed by atoms with E-state index in [0.29, 0.717) is 6.61 Å². The van der Waals surface area contributed by atoms with Crippen molar-refractivity contribution in [2.24, 2.45) is 5.92 Å². The van der Waals surface area contributed by atoms with Crippen LogP contribution in [-0.4, -0.2) is 11.7 Å². The Labute approximate surface area is 102 Å². The van der Waals surface area contributed by atoms with Crippen LogP contribution in [-0.2, 0) is 0 Å². The molecule has 96 valence electrons. The first-order chi connectivity index (χ1) is 7.81. The lowest BCUT2D eigenvalue weighted by atomic mass is 10.1. The molecule has 0 rings (SSSR count). The first kappa shape index (κ1) is 15.7. The summed E-state index contributed by atoms with van der Waals surface area (Å²) in [5, 5.41) is 8.62. The standard InChI is InChI=1S/C15H30O/c1-3-15(2)13-11-9-7-5-4-6-8-10-12-14-16/h11,13,15-16H,3-10,12,14H2,1-2H3/b13-11+. The smallest absolute Gasteiger partial charge is 0.0431 e. The van der Waals surface area contributed by atoms with E-state index in [9.17, 15) is 0 Å². The molecule has 0 aliphatic rings. The first-order valence-electron chi connectivity index (χ1n) is 7.08. The van der Waals surface area contributed by atoms with E-state index in [1.165, 1.54) is 51.4 Å². The summed E-state index contributed by atoms with van der Waals surface area (Å²) in [6.07, 6.45) is 16.1. The number of hydrogen-bond donors (Lipinski definition) is 1. The van der Waals surface area contributed by atoms with Crippen molar-refractivity contribution in [3.05, 3.63) is 12.2 Å². The third kappa shape index (κ3) is 11.8. The Hall–Kier alpha value is -0.300. The normalized spacial score (nSPS) is 13.4. The molecule has 0 aromatic rings. The van der Waals surface area contributed by atoms with Crippen molar-refractivity contribution >= 4 is 0 Å². The molecule has 0 aliphatic carbocycles. The quantitative estimate of drug-likeness (QED) is 0.400. The third-order valence-electron chi connectivity index (χ3n) is 3.14. The highest BCUT2D eigenvalue weighted by Gasteiger charge is 1.92. The van der Waals surface area contributed by atoms with Crippen molar-refractivity contribution < 1.29 is 5.11 Å². The molecule has 0 amide bonds. The zero-order chi connectivity index (χ0) is 12.1. The van der Waals surface area contributed by atoms with Gasteiger partial charge in [-0.05, 0) is 25.2 Å². The van der Waals surface area contributed by atoms with Crippen LogP contribution in [0.3, 0.4) is 0 Å². The molecule has 0 fully saturated rings. The van der Waals surface area contributed by atoms with Gasteiger partial charge in [0.05, 0.1) is 0 Å². The number of hydrogen-bond acceptors (Lipinski definition) is 1. The minimum absolute atomic E-state index is 0.362. The second kappa shape index (κ2) is 12.8. The Morgan fingerprint density at radius 1 is 0.938 bits per heavy atom. The Morgan fingerprint density at radius 3 is 2.06 bits per heavy atom. The van der Waals surface area contributed by atoms with Gasteiger partial charge in [0.1, 0.15) is 0 Å². The van der Waals surface area contributed by atoms with Crippen LogP contribution in [0.15, 0.2) is 12.2 Å². The molecule has 0 spiro atoms. The van der Waals surface area contributed by atoms with Gasteiger partial charge in [-0.3, -0.25) is 0 Å². The highest BCUT2D eigenvalue weighted by Crippen LogP contribution is 2.09. The maximum absolute atomic E-state index is 8.62. The van der Waals surface area contributed by atoms with Crippen LogP contribution < -0.4 is 0 Å². The molecule has 1 N–H and O–H groups in total. The predicted octanol–water partition coefficient (Wildman–Crippen LogP) is 4.70. The lowest BCUT2D eigenvalue weighted by Crippen LogP contribution is -1.85. The van der Waals surface area contributed by atoms with Gasteiger partial charge in [0.2, 0.25) is 0 Å². The number of unbranched alkanes of at least 4 members (excludes halogenated alkanes) is 7. The monoisotopic (exact) mass is 226 g/mol. The molecule has 1 atom stereocenters. The van der Waals surface area contributed by atoms with E-state index in [2.05, 4.69) is 26.0 Å². The molecule has 0 aliphatic heterocycles. The number of aliphatic hydroxyl groups is 1. The molecule has 0 aromatic heterocycles. The summed E-state index contributed by atoms with van der Waals surface area (Å²) >= 11 is 0. The maximum atomic E-state index is 8.62. The highest BCUT2D eigenvalue weighted by atomic mass is 16.2. The lowest BCUT2D eigenvalue weighted by Gasteiger charge is -2.01. The van der Waals surface area contributed by atoms with Crippen molar-refractivity contribution in [3.8, 4) is 0 Å². The van der Waals surface area contributed by atoms with Gasteiger partial charge in [-0.1, -0.05) is 64.5 Å². The van der Waals surface area contributed by atoms with Crippen molar-refractivity contribution in [2.75, 3.05) is 6.61 Å². The van der Waals surface area contributed by atoms with Gasteiger partial charge in [-0.25, -0.2) is 0 Å². The fourth-order valence-electron chi connectivity index (χ4n) is 1.72. The molecular formula is C15H30O. The Bertz CT molecular complexity index is 152. The topological polar surface area (TPSA) is 20.2 Å². The summed E-state index contributed by atoms with van der Waals surface area (Å²) in [6.45, 7) is 4.87. The van der Waals surface area contributed by atoms with E-state index < -0.39 is 0 Å². The largest absolute Gasteiger partial charge is 0.396 e. The number of aliphatic hydroxyl groups excluding tert-OH is 1. The first-order valence-corrected chi connectivity index (χ1v) is 7.08. The molecule has 0 saturated carbocycles. The zero-order valence-electron chi connectivity index (χ0n) is 11.3. The molecule has 1 heteroatoms. The van der Waals surface area contributed by atoms with Crippen LogP contribution in [0.5, 0.6) is 0 Å². The minimum atomic E-state index is 0.362. The number of allylic oxidation sites excluding steroid dienone is 2. The second-order valence-corrected chi connectivity index (χ2v) is 4.80. The van der Waals surface area contributed by atoms with Crippen LogP contribution in [0.4, 0.5) is 0 Å². The fraction of sp³-hybridized carbons (Fsp3) is 0.867. The second-order valence-electron chi connectivity index (χ2n) is 4.80. The molecule has 1 unspecified atom stereocenters. The van der Waals surface area contributed by atoms with Crippen LogP contribution in [0.25, 0.3) is 0 Å². The SMILES string of the molecule is CCC(C)/C=C/CCCCCCCCCO. The molecule has 0 heterocycles. The predicted molar refractivity (Wildman–Crippen MR) is 72.6 cm³/mol. The highest BCUT2D eigenvalue weighted by molar-refractivity contribution is 4.85. The van der Waals surface area contributed by atoms with Gasteiger partial charge in [0.15, 0.2) is 0 Å². The Balaban J connectivity index is 3.06. The van der Waals surface area contributed by atoms with Gasteiger partial charge >= 0.3 is 0 Å². The summed E-state index contributed by atoms with van der Waals surface area (Å²) in [6, 6.07) is 0. The molecular weight excluding hydrogens is 196 g/mol. The van der Waals surface area contributed by atoms with Gasteiger partial charge in [-0.15, -0.1) is 0 Å². The van der Waals surface area contributed by atoms with E-state index in [0.717, 1.165) is 12.3 Å². The fourth-order valence-corrected chi connectivity index (χ4v) is 1.72. The molecule has 1 nitrogen and oxygen atoms in total. The maximum Gasteiger partial charge on any atom is 0.0431 e. The van der Waals surface area contributed by atoms with Crippen LogP contribution in [0.2, 0.25) is 0 Å². The number of rotatable bonds is 11. The summed E-state index contributed by atoms with van der Waals surface area (Å²) in [5.41, 5.74) is 0. The van der Waals surface area contributed by atoms with Crippen LogP contribution in [0.1, 0.15) is 71.6 Å². The minimum Gasteiger partial charge on any atom is -0.396 e. The molecule has 0 aromatic carbocycles. The van der Waals surface area contributed by atoms with E-state index in [-0.39, 0.29) is 0 Å². The van der Waals surface area contributed by atoms with Gasteiger partial charge in [0, 0.05) is 6.61 Å². The van der Waals surface area contributed by atoms with Crippen molar-refractivity contribution in [3.63, 3.8) is 0 Å². The van der Waals surface area contributed by atoms with E-state index in [1.807, 2.05) is 0 Å². The molecule has 0 radical (unpaired) electrons. The summed E-state index contributed by atoms with van der Waals surface area (Å²) in [4.78, 5) is 0. The molecule has 16 heavy (non-hydrogen) atoms. The van der Waals surface area contributed by atoms with Gasteiger partial charge in [0.25, 0.3) is 0 Å². The van der Waals surface area contributed by atoms with E-state index in [4.69, 9.17) is 5.11 Å².